The average molecular weight is 385 g/mol. The van der Waals surface area contributed by atoms with Crippen LogP contribution in [0.5, 0.6) is 0 Å². The number of anilines is 1. The number of urea groups is 1. The molecule has 0 atom stereocenters. The number of hydrogen-bond acceptors (Lipinski definition) is 3. The van der Waals surface area contributed by atoms with Gasteiger partial charge in [-0.05, 0) is 35.9 Å². The van der Waals surface area contributed by atoms with Crippen LogP contribution < -0.4 is 10.6 Å². The molecule has 0 radical (unpaired) electrons. The highest BCUT2D eigenvalue weighted by molar-refractivity contribution is 9.10. The zero-order valence-corrected chi connectivity index (χ0v) is 13.7. The van der Waals surface area contributed by atoms with E-state index in [2.05, 4.69) is 26.6 Å². The summed E-state index contributed by atoms with van der Waals surface area (Å²) in [5, 5.41) is 5.25. The van der Waals surface area contributed by atoms with Crippen LogP contribution in [0.4, 0.5) is 10.5 Å². The van der Waals surface area contributed by atoms with E-state index in [1.165, 1.54) is 24.3 Å². The van der Waals surface area contributed by atoms with Crippen molar-refractivity contribution in [2.75, 3.05) is 5.32 Å². The summed E-state index contributed by atoms with van der Waals surface area (Å²) in [6, 6.07) is 12.3. The van der Waals surface area contributed by atoms with Gasteiger partial charge in [-0.3, -0.25) is 4.55 Å². The summed E-state index contributed by atoms with van der Waals surface area (Å²) in [6.45, 7) is 0.344. The highest BCUT2D eigenvalue weighted by Gasteiger charge is 2.09. The minimum atomic E-state index is -4.23. The highest BCUT2D eigenvalue weighted by atomic mass is 79.9. The van der Waals surface area contributed by atoms with Crippen LogP contribution in [-0.2, 0) is 16.7 Å². The molecule has 0 saturated heterocycles. The maximum Gasteiger partial charge on any atom is 0.319 e. The fourth-order valence-electron chi connectivity index (χ4n) is 1.70. The van der Waals surface area contributed by atoms with Crippen LogP contribution in [0.1, 0.15) is 5.56 Å². The lowest BCUT2D eigenvalue weighted by Gasteiger charge is -2.09. The van der Waals surface area contributed by atoms with Crippen molar-refractivity contribution in [3.63, 3.8) is 0 Å². The molecule has 3 N–H and O–H groups in total. The fraction of sp³-hybridized carbons (Fsp3) is 0.0714. The lowest BCUT2D eigenvalue weighted by molar-refractivity contribution is 0.251. The van der Waals surface area contributed by atoms with Gasteiger partial charge in [0.15, 0.2) is 0 Å². The van der Waals surface area contributed by atoms with Crippen molar-refractivity contribution in [2.45, 2.75) is 11.4 Å². The van der Waals surface area contributed by atoms with E-state index in [4.69, 9.17) is 4.55 Å². The maximum absolute atomic E-state index is 11.8. The Hall–Kier alpha value is -1.90. The van der Waals surface area contributed by atoms with Gasteiger partial charge in [-0.2, -0.15) is 8.42 Å². The first-order valence-electron chi connectivity index (χ1n) is 6.22. The Morgan fingerprint density at radius 1 is 1.09 bits per heavy atom. The summed E-state index contributed by atoms with van der Waals surface area (Å²) >= 11 is 3.39. The SMILES string of the molecule is O=C(NCc1ccccc1Br)Nc1ccc(S(=O)(=O)O)cc1. The van der Waals surface area contributed by atoms with Gasteiger partial charge in [0.05, 0.1) is 4.90 Å². The third-order valence-electron chi connectivity index (χ3n) is 2.81. The fourth-order valence-corrected chi connectivity index (χ4v) is 2.61. The van der Waals surface area contributed by atoms with Crippen LogP contribution in [0.3, 0.4) is 0 Å². The molecule has 2 amide bonds. The van der Waals surface area contributed by atoms with E-state index in [0.29, 0.717) is 12.2 Å². The lowest BCUT2D eigenvalue weighted by atomic mass is 10.2. The molecule has 2 aromatic carbocycles. The molecule has 0 fully saturated rings. The Morgan fingerprint density at radius 2 is 1.73 bits per heavy atom. The summed E-state index contributed by atoms with van der Waals surface area (Å²) in [5.74, 6) is 0. The van der Waals surface area contributed by atoms with Crippen molar-refractivity contribution in [1.29, 1.82) is 0 Å². The van der Waals surface area contributed by atoms with Crippen molar-refractivity contribution >= 4 is 37.8 Å². The molecule has 0 heterocycles. The summed E-state index contributed by atoms with van der Waals surface area (Å²) in [5.41, 5.74) is 1.34. The minimum Gasteiger partial charge on any atom is -0.334 e. The molecule has 0 spiro atoms. The largest absolute Gasteiger partial charge is 0.334 e. The number of carbonyl (C=O) groups is 1. The molecular weight excluding hydrogens is 372 g/mol. The summed E-state index contributed by atoms with van der Waals surface area (Å²) in [4.78, 5) is 11.5. The molecule has 22 heavy (non-hydrogen) atoms. The summed E-state index contributed by atoms with van der Waals surface area (Å²) in [7, 11) is -4.23. The first-order chi connectivity index (χ1) is 10.4. The predicted octanol–water partition coefficient (Wildman–Crippen LogP) is 3.02. The van der Waals surface area contributed by atoms with Gasteiger partial charge in [0, 0.05) is 16.7 Å². The second-order valence-corrected chi connectivity index (χ2v) is 6.67. The molecule has 0 aliphatic rings. The number of hydrogen-bond donors (Lipinski definition) is 3. The Kier molecular flexibility index (Phi) is 5.17. The van der Waals surface area contributed by atoms with Gasteiger partial charge in [-0.15, -0.1) is 0 Å². The first kappa shape index (κ1) is 16.5. The molecule has 6 nitrogen and oxygen atoms in total. The molecule has 8 heteroatoms. The van der Waals surface area contributed by atoms with E-state index in [1.807, 2.05) is 24.3 Å². The van der Waals surface area contributed by atoms with E-state index < -0.39 is 16.1 Å². The van der Waals surface area contributed by atoms with Crippen molar-refractivity contribution in [3.8, 4) is 0 Å². The third-order valence-corrected chi connectivity index (χ3v) is 4.45. The molecule has 0 saturated carbocycles. The smallest absolute Gasteiger partial charge is 0.319 e. The minimum absolute atomic E-state index is 0.230. The van der Waals surface area contributed by atoms with Gasteiger partial charge in [-0.1, -0.05) is 34.1 Å². The Bertz CT molecular complexity index is 776. The van der Waals surface area contributed by atoms with Crippen LogP contribution >= 0.6 is 15.9 Å². The lowest BCUT2D eigenvalue weighted by Crippen LogP contribution is -2.28. The number of nitrogens with one attached hydrogen (secondary N) is 2. The molecule has 116 valence electrons. The zero-order chi connectivity index (χ0) is 16.2. The van der Waals surface area contributed by atoms with Crippen LogP contribution in [-0.4, -0.2) is 19.0 Å². The normalized spacial score (nSPS) is 11.0. The first-order valence-corrected chi connectivity index (χ1v) is 8.45. The van der Waals surface area contributed by atoms with E-state index in [9.17, 15) is 13.2 Å². The highest BCUT2D eigenvalue weighted by Crippen LogP contribution is 2.16. The van der Waals surface area contributed by atoms with Crippen LogP contribution in [0, 0.1) is 0 Å². The van der Waals surface area contributed by atoms with Gasteiger partial charge < -0.3 is 10.6 Å². The summed E-state index contributed by atoms with van der Waals surface area (Å²) in [6.07, 6.45) is 0. The zero-order valence-electron chi connectivity index (χ0n) is 11.3. The number of rotatable bonds is 4. The topological polar surface area (TPSA) is 95.5 Å². The van der Waals surface area contributed by atoms with Gasteiger partial charge in [-0.25, -0.2) is 4.79 Å². The summed E-state index contributed by atoms with van der Waals surface area (Å²) < 4.78 is 31.6. The van der Waals surface area contributed by atoms with Crippen molar-refractivity contribution in [3.05, 3.63) is 58.6 Å². The van der Waals surface area contributed by atoms with Gasteiger partial charge in [0.2, 0.25) is 0 Å². The number of benzene rings is 2. The number of carbonyl (C=O) groups excluding carboxylic acids is 1. The number of amides is 2. The van der Waals surface area contributed by atoms with Crippen molar-refractivity contribution in [1.82, 2.24) is 5.32 Å². The Balaban J connectivity index is 1.94. The van der Waals surface area contributed by atoms with Gasteiger partial charge >= 0.3 is 6.03 Å². The standard InChI is InChI=1S/C14H13BrN2O4S/c15-13-4-2-1-3-10(13)9-16-14(18)17-11-5-7-12(8-6-11)22(19,20)21/h1-8H,9H2,(H2,16,17,18)(H,19,20,21). The van der Waals surface area contributed by atoms with Crippen LogP contribution in [0.2, 0.25) is 0 Å². The molecule has 2 aromatic rings. The Labute approximate surface area is 136 Å². The molecule has 0 unspecified atom stereocenters. The van der Waals surface area contributed by atoms with E-state index >= 15 is 0 Å². The number of halogens is 1. The molecule has 0 aliphatic heterocycles. The van der Waals surface area contributed by atoms with E-state index in [0.717, 1.165) is 10.0 Å². The molecule has 2 rings (SSSR count). The Morgan fingerprint density at radius 3 is 2.32 bits per heavy atom. The van der Waals surface area contributed by atoms with Gasteiger partial charge in [0.1, 0.15) is 0 Å². The molecule has 0 aliphatic carbocycles. The monoisotopic (exact) mass is 384 g/mol. The molecule has 0 bridgehead atoms. The quantitative estimate of drug-likeness (QED) is 0.705. The average Bonchev–Trinajstić information content (AvgIpc) is 2.46. The van der Waals surface area contributed by atoms with Crippen molar-refractivity contribution in [2.24, 2.45) is 0 Å². The second-order valence-electron chi connectivity index (χ2n) is 4.40. The maximum atomic E-state index is 11.8. The van der Waals surface area contributed by atoms with E-state index in [1.54, 1.807) is 0 Å². The predicted molar refractivity (Wildman–Crippen MR) is 86.3 cm³/mol. The second kappa shape index (κ2) is 6.91. The molecule has 0 aromatic heterocycles. The van der Waals surface area contributed by atoms with Crippen molar-refractivity contribution < 1.29 is 17.8 Å². The molecular formula is C14H13BrN2O4S. The van der Waals surface area contributed by atoms with Crippen LogP contribution in [0.15, 0.2) is 57.9 Å². The third kappa shape index (κ3) is 4.55. The van der Waals surface area contributed by atoms with Crippen LogP contribution in [0.25, 0.3) is 0 Å². The van der Waals surface area contributed by atoms with E-state index in [-0.39, 0.29) is 4.90 Å². The van der Waals surface area contributed by atoms with Gasteiger partial charge in [0.25, 0.3) is 10.1 Å².